The average Bonchev–Trinajstić information content (AvgIpc) is 2.28. The molecule has 0 bridgehead atoms. The Morgan fingerprint density at radius 3 is 2.78 bits per heavy atom. The van der Waals surface area contributed by atoms with Crippen molar-refractivity contribution in [1.82, 2.24) is 15.2 Å². The van der Waals surface area contributed by atoms with Crippen molar-refractivity contribution in [2.24, 2.45) is 0 Å². The second-order valence-corrected chi connectivity index (χ2v) is 4.74. The molecule has 0 radical (unpaired) electrons. The highest BCUT2D eigenvalue weighted by molar-refractivity contribution is 7.99. The van der Waals surface area contributed by atoms with Gasteiger partial charge >= 0.3 is 5.97 Å². The number of hydrogen-bond donors (Lipinski definition) is 1. The van der Waals surface area contributed by atoms with Crippen LogP contribution in [0.15, 0.2) is 34.4 Å². The summed E-state index contributed by atoms with van der Waals surface area (Å²) < 4.78 is 0. The van der Waals surface area contributed by atoms with Gasteiger partial charge in [-0.1, -0.05) is 0 Å². The molecule has 0 fully saturated rings. The highest BCUT2D eigenvalue weighted by Crippen LogP contribution is 2.29. The molecule has 0 amide bonds. The van der Waals surface area contributed by atoms with Gasteiger partial charge < -0.3 is 5.11 Å². The van der Waals surface area contributed by atoms with Crippen molar-refractivity contribution in [2.75, 3.05) is 0 Å². The van der Waals surface area contributed by atoms with Crippen LogP contribution in [0.3, 0.4) is 0 Å². The molecule has 0 saturated heterocycles. The Kier molecular flexibility index (Phi) is 3.57. The van der Waals surface area contributed by atoms with Crippen LogP contribution >= 0.6 is 11.8 Å². The van der Waals surface area contributed by atoms with Crippen molar-refractivity contribution >= 4 is 17.7 Å². The van der Waals surface area contributed by atoms with Gasteiger partial charge in [0.25, 0.3) is 0 Å². The first-order valence-electron chi connectivity index (χ1n) is 5.25. The molecule has 2 heterocycles. The number of rotatable bonds is 3. The van der Waals surface area contributed by atoms with Crippen molar-refractivity contribution in [3.8, 4) is 0 Å². The summed E-state index contributed by atoms with van der Waals surface area (Å²) in [5.74, 6) is -0.980. The van der Waals surface area contributed by atoms with Crippen molar-refractivity contribution in [3.05, 3.63) is 41.2 Å². The first-order valence-corrected chi connectivity index (χ1v) is 6.06. The van der Waals surface area contributed by atoms with Gasteiger partial charge in [0.05, 0.1) is 5.56 Å². The second kappa shape index (κ2) is 5.14. The molecule has 92 valence electrons. The lowest BCUT2D eigenvalue weighted by atomic mass is 10.1. The van der Waals surface area contributed by atoms with Crippen molar-refractivity contribution < 1.29 is 9.90 Å². The Labute approximate surface area is 108 Å². The molecule has 2 aromatic heterocycles. The number of carboxylic acids is 1. The van der Waals surface area contributed by atoms with E-state index in [4.69, 9.17) is 0 Å². The molecule has 0 aliphatic rings. The lowest BCUT2D eigenvalue weighted by Crippen LogP contribution is -2.05. The van der Waals surface area contributed by atoms with E-state index in [-0.39, 0.29) is 5.56 Å². The minimum Gasteiger partial charge on any atom is -0.478 e. The maximum Gasteiger partial charge on any atom is 0.338 e. The van der Waals surface area contributed by atoms with Crippen LogP contribution in [-0.4, -0.2) is 26.3 Å². The molecular formula is C12H11N3O2S. The zero-order valence-electron chi connectivity index (χ0n) is 9.91. The van der Waals surface area contributed by atoms with E-state index in [9.17, 15) is 9.90 Å². The van der Waals surface area contributed by atoms with Crippen LogP contribution in [0.5, 0.6) is 0 Å². The summed E-state index contributed by atoms with van der Waals surface area (Å²) in [5, 5.41) is 18.0. The van der Waals surface area contributed by atoms with E-state index in [2.05, 4.69) is 15.2 Å². The predicted octanol–water partition coefficient (Wildman–Crippen LogP) is 2.34. The Morgan fingerprint density at radius 2 is 2.17 bits per heavy atom. The lowest BCUT2D eigenvalue weighted by Gasteiger charge is -2.08. The first-order chi connectivity index (χ1) is 8.58. The maximum absolute atomic E-state index is 11.3. The minimum absolute atomic E-state index is 0.219. The molecule has 1 N–H and O–H groups in total. The summed E-state index contributed by atoms with van der Waals surface area (Å²) in [6.45, 7) is 3.60. The molecule has 5 nitrogen and oxygen atoms in total. The monoisotopic (exact) mass is 261 g/mol. The molecule has 2 rings (SSSR count). The number of carbonyl (C=O) groups is 1. The van der Waals surface area contributed by atoms with E-state index in [1.54, 1.807) is 31.3 Å². The van der Waals surface area contributed by atoms with Crippen molar-refractivity contribution in [3.63, 3.8) is 0 Å². The van der Waals surface area contributed by atoms with Crippen LogP contribution in [0, 0.1) is 13.8 Å². The van der Waals surface area contributed by atoms with Gasteiger partial charge in [0.1, 0.15) is 10.1 Å². The molecule has 0 spiro atoms. The Balaban J connectivity index is 2.46. The highest BCUT2D eigenvalue weighted by atomic mass is 32.2. The Hall–Kier alpha value is -1.95. The van der Waals surface area contributed by atoms with Gasteiger partial charge in [0.2, 0.25) is 0 Å². The van der Waals surface area contributed by atoms with E-state index >= 15 is 0 Å². The molecule has 0 aromatic carbocycles. The molecule has 2 aromatic rings. The Bertz CT molecular complexity index is 587. The standard InChI is InChI=1S/C12H11N3O2S/c1-7-6-8(2)14-11(10(7)12(16)17)18-9-4-3-5-13-15-9/h3-6H,1-2H3,(H,16,17). The zero-order chi connectivity index (χ0) is 13.1. The number of aromatic nitrogens is 3. The van der Waals surface area contributed by atoms with Crippen molar-refractivity contribution in [2.45, 2.75) is 23.9 Å². The molecule has 0 atom stereocenters. The number of aryl methyl sites for hydroxylation is 2. The van der Waals surface area contributed by atoms with Gasteiger partial charge in [0.15, 0.2) is 0 Å². The van der Waals surface area contributed by atoms with Gasteiger partial charge in [-0.05, 0) is 49.4 Å². The SMILES string of the molecule is Cc1cc(C)c(C(=O)O)c(Sc2cccnn2)n1. The first kappa shape index (κ1) is 12.5. The van der Waals surface area contributed by atoms with Crippen LogP contribution in [0.1, 0.15) is 21.6 Å². The van der Waals surface area contributed by atoms with E-state index in [0.29, 0.717) is 15.6 Å². The van der Waals surface area contributed by atoms with Gasteiger partial charge in [-0.15, -0.1) is 5.10 Å². The molecule has 0 unspecified atom stereocenters. The molecule has 0 aliphatic carbocycles. The third-order valence-electron chi connectivity index (χ3n) is 2.27. The molecule has 6 heteroatoms. The normalized spacial score (nSPS) is 10.3. The molecule has 0 saturated carbocycles. The van der Waals surface area contributed by atoms with E-state index in [1.807, 2.05) is 6.92 Å². The quantitative estimate of drug-likeness (QED) is 0.913. The lowest BCUT2D eigenvalue weighted by molar-refractivity contribution is 0.0691. The smallest absolute Gasteiger partial charge is 0.338 e. The van der Waals surface area contributed by atoms with E-state index in [0.717, 1.165) is 5.69 Å². The topological polar surface area (TPSA) is 76.0 Å². The Morgan fingerprint density at radius 1 is 1.39 bits per heavy atom. The number of hydrogen-bond acceptors (Lipinski definition) is 5. The summed E-state index contributed by atoms with van der Waals surface area (Å²) in [7, 11) is 0. The maximum atomic E-state index is 11.3. The average molecular weight is 261 g/mol. The van der Waals surface area contributed by atoms with Crippen LogP contribution < -0.4 is 0 Å². The second-order valence-electron chi connectivity index (χ2n) is 3.73. The fourth-order valence-corrected chi connectivity index (χ4v) is 2.55. The molecular weight excluding hydrogens is 250 g/mol. The van der Waals surface area contributed by atoms with E-state index in [1.165, 1.54) is 11.8 Å². The van der Waals surface area contributed by atoms with Crippen molar-refractivity contribution in [1.29, 1.82) is 0 Å². The largest absolute Gasteiger partial charge is 0.478 e. The number of aromatic carboxylic acids is 1. The predicted molar refractivity (Wildman–Crippen MR) is 66.8 cm³/mol. The number of nitrogens with zero attached hydrogens (tertiary/aromatic N) is 3. The third kappa shape index (κ3) is 2.65. The zero-order valence-corrected chi connectivity index (χ0v) is 10.7. The van der Waals surface area contributed by atoms with E-state index < -0.39 is 5.97 Å². The summed E-state index contributed by atoms with van der Waals surface area (Å²) in [6.07, 6.45) is 1.57. The van der Waals surface area contributed by atoms with Crippen LogP contribution in [0.4, 0.5) is 0 Å². The number of pyridine rings is 1. The fourth-order valence-electron chi connectivity index (χ4n) is 1.58. The van der Waals surface area contributed by atoms with Gasteiger partial charge in [-0.25, -0.2) is 9.78 Å². The number of carboxylic acid groups (broad SMARTS) is 1. The fraction of sp³-hybridized carbons (Fsp3) is 0.167. The van der Waals surface area contributed by atoms with Crippen LogP contribution in [0.25, 0.3) is 0 Å². The summed E-state index contributed by atoms with van der Waals surface area (Å²) in [5.41, 5.74) is 1.70. The van der Waals surface area contributed by atoms with Crippen LogP contribution in [0.2, 0.25) is 0 Å². The molecule has 18 heavy (non-hydrogen) atoms. The summed E-state index contributed by atoms with van der Waals surface area (Å²) in [6, 6.07) is 5.27. The van der Waals surface area contributed by atoms with Gasteiger partial charge in [-0.3, -0.25) is 0 Å². The third-order valence-corrected chi connectivity index (χ3v) is 3.19. The highest BCUT2D eigenvalue weighted by Gasteiger charge is 2.17. The van der Waals surface area contributed by atoms with Gasteiger partial charge in [-0.2, -0.15) is 5.10 Å². The molecule has 0 aliphatic heterocycles. The summed E-state index contributed by atoms with van der Waals surface area (Å²) >= 11 is 1.21. The summed E-state index contributed by atoms with van der Waals surface area (Å²) in [4.78, 5) is 15.5. The minimum atomic E-state index is -0.980. The van der Waals surface area contributed by atoms with Crippen LogP contribution in [-0.2, 0) is 0 Å². The van der Waals surface area contributed by atoms with Gasteiger partial charge in [0, 0.05) is 11.9 Å².